The first-order chi connectivity index (χ1) is 17.0. The van der Waals surface area contributed by atoms with Crippen LogP contribution in [-0.2, 0) is 20.4 Å². The van der Waals surface area contributed by atoms with Gasteiger partial charge in [-0.15, -0.1) is 0 Å². The lowest BCUT2D eigenvalue weighted by Gasteiger charge is -2.30. The van der Waals surface area contributed by atoms with E-state index >= 15 is 0 Å². The van der Waals surface area contributed by atoms with Gasteiger partial charge in [-0.2, -0.15) is 11.8 Å². The molecule has 198 valence electrons. The van der Waals surface area contributed by atoms with E-state index in [-0.39, 0.29) is 16.7 Å². The second-order valence-electron chi connectivity index (χ2n) is 10.4. The summed E-state index contributed by atoms with van der Waals surface area (Å²) in [7, 11) is 0. The van der Waals surface area contributed by atoms with E-state index in [2.05, 4.69) is 59.7 Å². The number of carbonyl (C=O) groups excluding carboxylic acids is 2. The number of carbonyl (C=O) groups is 2. The molecule has 2 aromatic carbocycles. The number of hydrogen-bond donors (Lipinski definition) is 1. The van der Waals surface area contributed by atoms with Crippen LogP contribution in [0.1, 0.15) is 71.9 Å². The van der Waals surface area contributed by atoms with Gasteiger partial charge in [-0.3, -0.25) is 9.59 Å². The number of hydrazine groups is 1. The van der Waals surface area contributed by atoms with Gasteiger partial charge in [-0.1, -0.05) is 53.7 Å². The van der Waals surface area contributed by atoms with Crippen molar-refractivity contribution in [2.24, 2.45) is 5.84 Å². The molecule has 0 aromatic heterocycles. The minimum Gasteiger partial charge on any atom is -0.493 e. The van der Waals surface area contributed by atoms with Gasteiger partial charge in [0.15, 0.2) is 0 Å². The Labute approximate surface area is 221 Å². The third-order valence-electron chi connectivity index (χ3n) is 7.18. The molecule has 0 spiro atoms. The predicted octanol–water partition coefficient (Wildman–Crippen LogP) is 6.06. The lowest BCUT2D eigenvalue weighted by Crippen LogP contribution is -2.38. The van der Waals surface area contributed by atoms with Crippen LogP contribution in [-0.4, -0.2) is 37.5 Å². The third kappa shape index (κ3) is 7.50. The lowest BCUT2D eigenvalue weighted by atomic mass is 9.76. The maximum Gasteiger partial charge on any atom is 0.251 e. The van der Waals surface area contributed by atoms with E-state index in [0.29, 0.717) is 31.0 Å². The Morgan fingerprint density at radius 3 is 2.17 bits per heavy atom. The summed E-state index contributed by atoms with van der Waals surface area (Å²) in [5.41, 5.74) is 4.01. The largest absolute Gasteiger partial charge is 0.493 e. The summed E-state index contributed by atoms with van der Waals surface area (Å²) in [6.45, 7) is 14.5. The smallest absolute Gasteiger partial charge is 0.251 e. The van der Waals surface area contributed by atoms with E-state index in [0.717, 1.165) is 35.7 Å². The van der Waals surface area contributed by atoms with Crippen LogP contribution in [0.3, 0.4) is 0 Å². The van der Waals surface area contributed by atoms with E-state index < -0.39 is 0 Å². The van der Waals surface area contributed by atoms with Gasteiger partial charge in [0.1, 0.15) is 5.75 Å². The molecule has 0 saturated heterocycles. The Kier molecular flexibility index (Phi) is 10.9. The molecule has 0 unspecified atom stereocenters. The number of thioether (sulfide) groups is 1. The molecule has 0 aliphatic carbocycles. The van der Waals surface area contributed by atoms with E-state index in [4.69, 9.17) is 10.6 Å². The number of hydrogen-bond acceptors (Lipinski definition) is 5. The monoisotopic (exact) mass is 513 g/mol. The van der Waals surface area contributed by atoms with Crippen molar-refractivity contribution in [2.75, 3.05) is 35.1 Å². The number of nitrogens with two attached hydrogens (primary N) is 1. The Morgan fingerprint density at radius 2 is 1.61 bits per heavy atom. The van der Waals surface area contributed by atoms with Crippen molar-refractivity contribution >= 4 is 35.5 Å². The second kappa shape index (κ2) is 13.2. The molecule has 0 aliphatic rings. The number of rotatable bonds is 14. The van der Waals surface area contributed by atoms with Crippen molar-refractivity contribution in [1.82, 2.24) is 0 Å². The van der Waals surface area contributed by atoms with Crippen LogP contribution in [0.2, 0.25) is 0 Å². The molecule has 6 nitrogen and oxygen atoms in total. The molecule has 2 aromatic rings. The van der Waals surface area contributed by atoms with E-state index in [1.807, 2.05) is 6.26 Å². The molecule has 2 N–H and O–H groups in total. The molecule has 0 aliphatic heterocycles. The molecular formula is C29H43N3O3S. The SMILES string of the molecule is CCC(C)(C)c1ccc(OCCCN(C=O)c2ccc(N(N)C(=O)CSC)cc2)c(C(C)(C)CC)c1. The first-order valence-electron chi connectivity index (χ1n) is 12.7. The van der Waals surface area contributed by atoms with Gasteiger partial charge in [0.2, 0.25) is 6.41 Å². The van der Waals surface area contributed by atoms with Crippen LogP contribution in [0.5, 0.6) is 5.75 Å². The number of nitrogens with zero attached hydrogens (tertiary/aromatic N) is 2. The summed E-state index contributed by atoms with van der Waals surface area (Å²) in [6.07, 6.45) is 5.44. The van der Waals surface area contributed by atoms with Crippen molar-refractivity contribution < 1.29 is 14.3 Å². The predicted molar refractivity (Wildman–Crippen MR) is 153 cm³/mol. The van der Waals surface area contributed by atoms with Gasteiger partial charge in [-0.05, 0) is 72.2 Å². The van der Waals surface area contributed by atoms with E-state index in [1.54, 1.807) is 29.2 Å². The highest BCUT2D eigenvalue weighted by Gasteiger charge is 2.26. The minimum atomic E-state index is -0.170. The van der Waals surface area contributed by atoms with Gasteiger partial charge in [0.25, 0.3) is 5.91 Å². The Hall–Kier alpha value is -2.51. The molecule has 2 rings (SSSR count). The molecule has 0 fully saturated rings. The summed E-state index contributed by atoms with van der Waals surface area (Å²) in [6, 6.07) is 13.7. The molecule has 0 saturated carbocycles. The van der Waals surface area contributed by atoms with Gasteiger partial charge in [0.05, 0.1) is 18.0 Å². The van der Waals surface area contributed by atoms with Crippen LogP contribution in [0.15, 0.2) is 42.5 Å². The van der Waals surface area contributed by atoms with Gasteiger partial charge >= 0.3 is 0 Å². The average Bonchev–Trinajstić information content (AvgIpc) is 2.88. The van der Waals surface area contributed by atoms with E-state index in [1.165, 1.54) is 22.9 Å². The molecule has 2 amide bonds. The Bertz CT molecular complexity index is 1010. The highest BCUT2D eigenvalue weighted by molar-refractivity contribution is 7.99. The summed E-state index contributed by atoms with van der Waals surface area (Å²) in [4.78, 5) is 25.4. The van der Waals surface area contributed by atoms with Crippen molar-refractivity contribution in [1.29, 1.82) is 0 Å². The highest BCUT2D eigenvalue weighted by Crippen LogP contribution is 2.38. The summed E-state index contributed by atoms with van der Waals surface area (Å²) in [5, 5.41) is 1.14. The van der Waals surface area contributed by atoms with Gasteiger partial charge in [-0.25, -0.2) is 10.9 Å². The molecule has 0 bridgehead atoms. The second-order valence-corrected chi connectivity index (χ2v) is 11.3. The molecule has 0 radical (unpaired) electrons. The lowest BCUT2D eigenvalue weighted by molar-refractivity contribution is -0.116. The minimum absolute atomic E-state index is 0.000182. The zero-order chi connectivity index (χ0) is 26.9. The number of amides is 2. The first-order valence-corrected chi connectivity index (χ1v) is 14.1. The van der Waals surface area contributed by atoms with E-state index in [9.17, 15) is 9.59 Å². The molecule has 7 heteroatoms. The normalized spacial score (nSPS) is 11.8. The van der Waals surface area contributed by atoms with Crippen molar-refractivity contribution in [3.63, 3.8) is 0 Å². The van der Waals surface area contributed by atoms with Crippen LogP contribution in [0.25, 0.3) is 0 Å². The first kappa shape index (κ1) is 29.7. The fraction of sp³-hybridized carbons (Fsp3) is 0.517. The topological polar surface area (TPSA) is 75.9 Å². The fourth-order valence-corrected chi connectivity index (χ4v) is 4.19. The Morgan fingerprint density at radius 1 is 1.00 bits per heavy atom. The van der Waals surface area contributed by atoms with Crippen LogP contribution in [0.4, 0.5) is 11.4 Å². The quantitative estimate of drug-likeness (QED) is 0.109. The standard InChI is InChI=1S/C29H43N3O3S/c1-8-28(3,4)22-11-16-26(25(19-22)29(5,6)9-2)35-18-10-17-31(21-33)23-12-14-24(15-13-23)32(30)27(34)20-36-7/h11-16,19,21H,8-10,17-18,20,30H2,1-7H3. The highest BCUT2D eigenvalue weighted by atomic mass is 32.2. The van der Waals surface area contributed by atoms with Crippen LogP contribution in [0, 0.1) is 0 Å². The molecule has 0 heterocycles. The molecule has 0 atom stereocenters. The van der Waals surface area contributed by atoms with Crippen LogP contribution >= 0.6 is 11.8 Å². The molecule has 36 heavy (non-hydrogen) atoms. The van der Waals surface area contributed by atoms with Gasteiger partial charge in [0, 0.05) is 17.8 Å². The maximum atomic E-state index is 12.0. The number of ether oxygens (including phenoxy) is 1. The molecular weight excluding hydrogens is 470 g/mol. The van der Waals surface area contributed by atoms with Crippen molar-refractivity contribution in [3.8, 4) is 5.75 Å². The maximum absolute atomic E-state index is 12.0. The van der Waals surface area contributed by atoms with Crippen LogP contribution < -0.4 is 20.5 Å². The number of benzene rings is 2. The third-order valence-corrected chi connectivity index (χ3v) is 7.72. The Balaban J connectivity index is 2.06. The van der Waals surface area contributed by atoms with Crippen molar-refractivity contribution in [2.45, 2.75) is 71.6 Å². The number of anilines is 2. The van der Waals surface area contributed by atoms with Crippen molar-refractivity contribution in [3.05, 3.63) is 53.6 Å². The summed E-state index contributed by atoms with van der Waals surface area (Å²) >= 11 is 1.42. The van der Waals surface area contributed by atoms with Gasteiger partial charge < -0.3 is 9.64 Å². The zero-order valence-corrected chi connectivity index (χ0v) is 23.8. The fourth-order valence-electron chi connectivity index (χ4n) is 3.80. The summed E-state index contributed by atoms with van der Waals surface area (Å²) < 4.78 is 6.25. The summed E-state index contributed by atoms with van der Waals surface area (Å²) in [5.74, 6) is 6.96. The zero-order valence-electron chi connectivity index (χ0n) is 23.0. The average molecular weight is 514 g/mol.